The Kier molecular flexibility index (Phi) is 4.81. The summed E-state index contributed by atoms with van der Waals surface area (Å²) in [7, 11) is 2.11. The zero-order chi connectivity index (χ0) is 14.0. The third-order valence-electron chi connectivity index (χ3n) is 4.80. The van der Waals surface area contributed by atoms with Crippen LogP contribution in [0.15, 0.2) is 0 Å². The van der Waals surface area contributed by atoms with Gasteiger partial charge >= 0.3 is 0 Å². The molecule has 1 amide bonds. The molecule has 0 spiro atoms. The van der Waals surface area contributed by atoms with Crippen molar-refractivity contribution in [3.8, 4) is 0 Å². The van der Waals surface area contributed by atoms with Crippen LogP contribution in [0.3, 0.4) is 0 Å². The van der Waals surface area contributed by atoms with E-state index >= 15 is 0 Å². The number of nitrogens with zero attached hydrogens (tertiary/aromatic N) is 2. The summed E-state index contributed by atoms with van der Waals surface area (Å²) in [6.07, 6.45) is 1.88. The Morgan fingerprint density at radius 2 is 1.74 bits per heavy atom. The van der Waals surface area contributed by atoms with Crippen molar-refractivity contribution in [3.63, 3.8) is 0 Å². The number of amides is 1. The van der Waals surface area contributed by atoms with Crippen LogP contribution >= 0.6 is 0 Å². The van der Waals surface area contributed by atoms with E-state index in [0.29, 0.717) is 11.8 Å². The van der Waals surface area contributed by atoms with E-state index < -0.39 is 0 Å². The number of rotatable bonds is 2. The van der Waals surface area contributed by atoms with Crippen LogP contribution in [0.5, 0.6) is 0 Å². The van der Waals surface area contributed by atoms with Gasteiger partial charge in [0.25, 0.3) is 0 Å². The fourth-order valence-corrected chi connectivity index (χ4v) is 3.21. The van der Waals surface area contributed by atoms with E-state index in [0.717, 1.165) is 39.0 Å². The molecule has 110 valence electrons. The number of nitrogens with two attached hydrogens (primary N) is 1. The zero-order valence-electron chi connectivity index (χ0n) is 12.4. The minimum atomic E-state index is 0.0749. The second-order valence-electron chi connectivity index (χ2n) is 6.46. The van der Waals surface area contributed by atoms with Crippen molar-refractivity contribution < 1.29 is 4.79 Å². The normalized spacial score (nSPS) is 38.1. The van der Waals surface area contributed by atoms with Crippen molar-refractivity contribution in [1.82, 2.24) is 15.3 Å². The van der Waals surface area contributed by atoms with E-state index in [1.54, 1.807) is 0 Å². The summed E-state index contributed by atoms with van der Waals surface area (Å²) in [5, 5.41) is 2.05. The molecule has 0 aromatic carbocycles. The Morgan fingerprint density at radius 1 is 1.11 bits per heavy atom. The molecule has 0 aromatic heterocycles. The zero-order valence-corrected chi connectivity index (χ0v) is 12.4. The molecular formula is C14H28N4O. The number of hydrogen-bond acceptors (Lipinski definition) is 4. The van der Waals surface area contributed by atoms with Crippen LogP contribution in [-0.4, -0.2) is 55.1 Å². The molecule has 2 aliphatic rings. The van der Waals surface area contributed by atoms with E-state index in [9.17, 15) is 4.79 Å². The minimum absolute atomic E-state index is 0.0749. The molecule has 1 heterocycles. The highest BCUT2D eigenvalue weighted by molar-refractivity contribution is 5.78. The Labute approximate surface area is 116 Å². The van der Waals surface area contributed by atoms with Crippen molar-refractivity contribution in [3.05, 3.63) is 0 Å². The second kappa shape index (κ2) is 6.20. The van der Waals surface area contributed by atoms with Crippen molar-refractivity contribution in [1.29, 1.82) is 0 Å². The summed E-state index contributed by atoms with van der Waals surface area (Å²) < 4.78 is 0. The van der Waals surface area contributed by atoms with Crippen molar-refractivity contribution in [2.75, 3.05) is 33.2 Å². The van der Waals surface area contributed by atoms with Crippen molar-refractivity contribution in [2.45, 2.75) is 32.7 Å². The van der Waals surface area contributed by atoms with Gasteiger partial charge in [0.05, 0.1) is 0 Å². The molecule has 1 aliphatic carbocycles. The predicted octanol–water partition coefficient (Wildman–Crippen LogP) is 0.275. The SMILES string of the molecule is CC1CC(C)C(C(=O)NN2CCN(C)CC2)CC1N. The molecule has 5 nitrogen and oxygen atoms in total. The second-order valence-corrected chi connectivity index (χ2v) is 6.46. The van der Waals surface area contributed by atoms with Crippen molar-refractivity contribution >= 4 is 5.91 Å². The predicted molar refractivity (Wildman–Crippen MR) is 76.2 cm³/mol. The molecule has 4 unspecified atom stereocenters. The number of hydrazine groups is 1. The van der Waals surface area contributed by atoms with Gasteiger partial charge in [-0.05, 0) is 31.7 Å². The first-order valence-electron chi connectivity index (χ1n) is 7.47. The van der Waals surface area contributed by atoms with E-state index in [4.69, 9.17) is 5.73 Å². The Hall–Kier alpha value is -0.650. The first-order chi connectivity index (χ1) is 8.97. The fourth-order valence-electron chi connectivity index (χ4n) is 3.21. The quantitative estimate of drug-likeness (QED) is 0.755. The molecule has 0 radical (unpaired) electrons. The standard InChI is InChI=1S/C14H28N4O/c1-10-8-11(2)13(15)9-12(10)14(19)16-18-6-4-17(3)5-7-18/h10-13H,4-9,15H2,1-3H3,(H,16,19). The van der Waals surface area contributed by atoms with Crippen LogP contribution in [0.25, 0.3) is 0 Å². The Bertz CT molecular complexity index is 315. The summed E-state index contributed by atoms with van der Waals surface area (Å²) >= 11 is 0. The highest BCUT2D eigenvalue weighted by Crippen LogP contribution is 2.32. The van der Waals surface area contributed by atoms with Gasteiger partial charge in [0.1, 0.15) is 0 Å². The van der Waals surface area contributed by atoms with Gasteiger partial charge in [0.15, 0.2) is 0 Å². The Morgan fingerprint density at radius 3 is 2.37 bits per heavy atom. The molecule has 19 heavy (non-hydrogen) atoms. The maximum absolute atomic E-state index is 12.4. The lowest BCUT2D eigenvalue weighted by Crippen LogP contribution is -2.55. The molecule has 4 atom stereocenters. The molecule has 0 aromatic rings. The van der Waals surface area contributed by atoms with Gasteiger partial charge in [-0.25, -0.2) is 5.01 Å². The van der Waals surface area contributed by atoms with Crippen LogP contribution in [0.1, 0.15) is 26.7 Å². The lowest BCUT2D eigenvalue weighted by atomic mass is 9.73. The summed E-state index contributed by atoms with van der Waals surface area (Å²) in [5.74, 6) is 1.20. The smallest absolute Gasteiger partial charge is 0.237 e. The number of nitrogens with one attached hydrogen (secondary N) is 1. The fraction of sp³-hybridized carbons (Fsp3) is 0.929. The first-order valence-corrected chi connectivity index (χ1v) is 7.47. The number of carbonyl (C=O) groups is 1. The van der Waals surface area contributed by atoms with Gasteiger partial charge in [-0.3, -0.25) is 10.2 Å². The summed E-state index contributed by atoms with van der Waals surface area (Å²) in [6.45, 7) is 8.21. The van der Waals surface area contributed by atoms with E-state index in [2.05, 4.69) is 36.2 Å². The Balaban J connectivity index is 1.85. The highest BCUT2D eigenvalue weighted by Gasteiger charge is 2.35. The number of likely N-dealkylation sites (N-methyl/N-ethyl adjacent to an activating group) is 1. The molecule has 0 bridgehead atoms. The summed E-state index contributed by atoms with van der Waals surface area (Å²) in [4.78, 5) is 14.7. The van der Waals surface area contributed by atoms with Gasteiger partial charge in [0.2, 0.25) is 5.91 Å². The maximum Gasteiger partial charge on any atom is 0.237 e. The molecule has 2 rings (SSSR count). The van der Waals surface area contributed by atoms with E-state index in [1.165, 1.54) is 0 Å². The third kappa shape index (κ3) is 3.68. The molecular weight excluding hydrogens is 240 g/mol. The molecule has 1 aliphatic heterocycles. The van der Waals surface area contributed by atoms with Gasteiger partial charge in [-0.2, -0.15) is 0 Å². The van der Waals surface area contributed by atoms with Gasteiger partial charge < -0.3 is 10.6 Å². The topological polar surface area (TPSA) is 61.6 Å². The largest absolute Gasteiger partial charge is 0.327 e. The molecule has 2 fully saturated rings. The van der Waals surface area contributed by atoms with Crippen LogP contribution in [0, 0.1) is 17.8 Å². The van der Waals surface area contributed by atoms with E-state index in [-0.39, 0.29) is 17.9 Å². The average Bonchev–Trinajstić information content (AvgIpc) is 2.36. The number of carbonyl (C=O) groups excluding carboxylic acids is 1. The molecule has 1 saturated heterocycles. The third-order valence-corrected chi connectivity index (χ3v) is 4.80. The monoisotopic (exact) mass is 268 g/mol. The average molecular weight is 268 g/mol. The maximum atomic E-state index is 12.4. The lowest BCUT2D eigenvalue weighted by Gasteiger charge is -2.38. The highest BCUT2D eigenvalue weighted by atomic mass is 16.2. The summed E-state index contributed by atoms with van der Waals surface area (Å²) in [5.41, 5.74) is 9.21. The number of hydrogen-bond donors (Lipinski definition) is 2. The molecule has 5 heteroatoms. The van der Waals surface area contributed by atoms with Crippen LogP contribution in [0.2, 0.25) is 0 Å². The molecule has 3 N–H and O–H groups in total. The van der Waals surface area contributed by atoms with Gasteiger partial charge in [-0.15, -0.1) is 0 Å². The van der Waals surface area contributed by atoms with Crippen LogP contribution in [0.4, 0.5) is 0 Å². The van der Waals surface area contributed by atoms with Gasteiger partial charge in [-0.1, -0.05) is 13.8 Å². The minimum Gasteiger partial charge on any atom is -0.327 e. The van der Waals surface area contributed by atoms with Crippen LogP contribution < -0.4 is 11.2 Å². The summed E-state index contributed by atoms with van der Waals surface area (Å²) in [6, 6.07) is 0.166. The molecule has 1 saturated carbocycles. The lowest BCUT2D eigenvalue weighted by molar-refractivity contribution is -0.134. The first kappa shape index (κ1) is 14.8. The number of piperazine rings is 1. The van der Waals surface area contributed by atoms with Crippen LogP contribution in [-0.2, 0) is 4.79 Å². The van der Waals surface area contributed by atoms with Gasteiger partial charge in [0, 0.05) is 38.1 Å². The van der Waals surface area contributed by atoms with E-state index in [1.807, 2.05) is 0 Å². The van der Waals surface area contributed by atoms with Crippen molar-refractivity contribution in [2.24, 2.45) is 23.5 Å².